The van der Waals surface area contributed by atoms with Gasteiger partial charge in [0.05, 0.1) is 26.4 Å². The molecule has 148 valence electrons. The molecule has 7 nitrogen and oxygen atoms in total. The summed E-state index contributed by atoms with van der Waals surface area (Å²) in [6.45, 7) is 1.89. The van der Waals surface area contributed by atoms with Crippen LogP contribution in [0.4, 0.5) is 0 Å². The summed E-state index contributed by atoms with van der Waals surface area (Å²) in [6.07, 6.45) is 0. The Hall–Kier alpha value is -2.48. The molecule has 0 heterocycles. The van der Waals surface area contributed by atoms with Crippen LogP contribution in [-0.4, -0.2) is 63.1 Å². The van der Waals surface area contributed by atoms with E-state index in [2.05, 4.69) is 0 Å². The van der Waals surface area contributed by atoms with Crippen molar-refractivity contribution in [3.05, 3.63) is 48.5 Å². The van der Waals surface area contributed by atoms with Gasteiger partial charge in [0.25, 0.3) is 0 Å². The third-order valence-electron chi connectivity index (χ3n) is 3.37. The minimum Gasteiger partial charge on any atom is -0.487 e. The van der Waals surface area contributed by atoms with E-state index in [0.29, 0.717) is 49.4 Å². The summed E-state index contributed by atoms with van der Waals surface area (Å²) in [5, 5.41) is 17.7. The van der Waals surface area contributed by atoms with E-state index < -0.39 is 0 Å². The molecule has 7 heteroatoms. The summed E-state index contributed by atoms with van der Waals surface area (Å²) >= 11 is 0. The van der Waals surface area contributed by atoms with Gasteiger partial charge in [0.1, 0.15) is 26.4 Å². The van der Waals surface area contributed by atoms with E-state index in [9.17, 15) is 0 Å². The Labute approximate surface area is 159 Å². The molecule has 0 saturated heterocycles. The minimum atomic E-state index is -0.0500. The molecule has 0 saturated carbocycles. The molecule has 2 aromatic carbocycles. The lowest BCUT2D eigenvalue weighted by molar-refractivity contribution is 0.0741. The summed E-state index contributed by atoms with van der Waals surface area (Å²) in [5.74, 6) is 2.41. The van der Waals surface area contributed by atoms with Gasteiger partial charge in [-0.2, -0.15) is 0 Å². The Morgan fingerprint density at radius 2 is 0.815 bits per heavy atom. The van der Waals surface area contributed by atoms with E-state index in [1.54, 1.807) is 24.3 Å². The number of para-hydroxylation sites is 4. The number of hydrogen-bond donors (Lipinski definition) is 2. The number of aliphatic hydroxyl groups is 2. The monoisotopic (exact) mass is 378 g/mol. The first-order valence-corrected chi connectivity index (χ1v) is 8.84. The van der Waals surface area contributed by atoms with Crippen molar-refractivity contribution < 1.29 is 33.9 Å². The second kappa shape index (κ2) is 12.8. The van der Waals surface area contributed by atoms with Crippen LogP contribution in [-0.2, 0) is 4.74 Å². The van der Waals surface area contributed by atoms with E-state index in [4.69, 9.17) is 33.9 Å². The molecule has 27 heavy (non-hydrogen) atoms. The molecule has 0 aliphatic rings. The fraction of sp³-hybridized carbons (Fsp3) is 0.400. The van der Waals surface area contributed by atoms with E-state index in [0.717, 1.165) is 0 Å². The smallest absolute Gasteiger partial charge is 0.161 e. The van der Waals surface area contributed by atoms with Crippen LogP contribution in [0.15, 0.2) is 48.5 Å². The van der Waals surface area contributed by atoms with Crippen LogP contribution in [0.2, 0.25) is 0 Å². The van der Waals surface area contributed by atoms with Crippen LogP contribution in [0, 0.1) is 0 Å². The van der Waals surface area contributed by atoms with Gasteiger partial charge in [-0.25, -0.2) is 0 Å². The maximum atomic E-state index is 8.84. The molecule has 2 rings (SSSR count). The molecular weight excluding hydrogens is 352 g/mol. The predicted octanol–water partition coefficient (Wildman–Crippen LogP) is 1.90. The average Bonchev–Trinajstić information content (AvgIpc) is 2.71. The first-order valence-electron chi connectivity index (χ1n) is 8.84. The molecule has 2 N–H and O–H groups in total. The molecule has 0 fully saturated rings. The highest BCUT2D eigenvalue weighted by atomic mass is 16.6. The molecule has 0 unspecified atom stereocenters. The minimum absolute atomic E-state index is 0.0500. The Morgan fingerprint density at radius 1 is 0.481 bits per heavy atom. The van der Waals surface area contributed by atoms with Gasteiger partial charge in [-0.05, 0) is 24.3 Å². The Bertz CT molecular complexity index is 592. The van der Waals surface area contributed by atoms with E-state index >= 15 is 0 Å². The molecule has 0 spiro atoms. The lowest BCUT2D eigenvalue weighted by atomic mass is 10.3. The lowest BCUT2D eigenvalue weighted by Gasteiger charge is -2.13. The van der Waals surface area contributed by atoms with Crippen molar-refractivity contribution >= 4 is 0 Å². The second-order valence-corrected chi connectivity index (χ2v) is 5.35. The summed E-state index contributed by atoms with van der Waals surface area (Å²) in [6, 6.07) is 14.6. The second-order valence-electron chi connectivity index (χ2n) is 5.35. The molecule has 0 atom stereocenters. The van der Waals surface area contributed by atoms with Crippen LogP contribution in [0.3, 0.4) is 0 Å². The van der Waals surface area contributed by atoms with E-state index in [1.807, 2.05) is 24.3 Å². The zero-order valence-corrected chi connectivity index (χ0v) is 15.2. The predicted molar refractivity (Wildman–Crippen MR) is 99.9 cm³/mol. The fourth-order valence-electron chi connectivity index (χ4n) is 2.21. The summed E-state index contributed by atoms with van der Waals surface area (Å²) in [5.41, 5.74) is 0. The van der Waals surface area contributed by atoms with Crippen LogP contribution < -0.4 is 18.9 Å². The normalized spacial score (nSPS) is 10.4. The zero-order valence-electron chi connectivity index (χ0n) is 15.2. The van der Waals surface area contributed by atoms with Crippen molar-refractivity contribution in [2.24, 2.45) is 0 Å². The molecule has 0 radical (unpaired) electrons. The summed E-state index contributed by atoms with van der Waals surface area (Å²) in [7, 11) is 0. The number of ether oxygens (including phenoxy) is 5. The maximum absolute atomic E-state index is 8.84. The highest BCUT2D eigenvalue weighted by molar-refractivity contribution is 5.40. The zero-order chi connectivity index (χ0) is 19.2. The van der Waals surface area contributed by atoms with Gasteiger partial charge >= 0.3 is 0 Å². The van der Waals surface area contributed by atoms with Gasteiger partial charge in [0, 0.05) is 0 Å². The van der Waals surface area contributed by atoms with Gasteiger partial charge < -0.3 is 33.9 Å². The van der Waals surface area contributed by atoms with E-state index in [1.165, 1.54) is 0 Å². The fourth-order valence-corrected chi connectivity index (χ4v) is 2.21. The number of aliphatic hydroxyl groups excluding tert-OH is 2. The third-order valence-corrected chi connectivity index (χ3v) is 3.37. The summed E-state index contributed by atoms with van der Waals surface area (Å²) < 4.78 is 27.6. The van der Waals surface area contributed by atoms with Gasteiger partial charge in [0.2, 0.25) is 0 Å². The Balaban J connectivity index is 1.63. The van der Waals surface area contributed by atoms with Gasteiger partial charge in [-0.15, -0.1) is 0 Å². The quantitative estimate of drug-likeness (QED) is 0.486. The molecule has 0 aromatic heterocycles. The first-order chi connectivity index (χ1) is 13.3. The number of rotatable bonds is 14. The molecule has 0 aliphatic heterocycles. The van der Waals surface area contributed by atoms with E-state index in [-0.39, 0.29) is 26.4 Å². The molecule has 0 amide bonds. The van der Waals surface area contributed by atoms with Crippen molar-refractivity contribution in [1.29, 1.82) is 0 Å². The highest BCUT2D eigenvalue weighted by Crippen LogP contribution is 2.27. The van der Waals surface area contributed by atoms with Crippen molar-refractivity contribution in [2.45, 2.75) is 0 Å². The third kappa shape index (κ3) is 7.74. The topological polar surface area (TPSA) is 86.6 Å². The Morgan fingerprint density at radius 3 is 1.15 bits per heavy atom. The maximum Gasteiger partial charge on any atom is 0.161 e. The van der Waals surface area contributed by atoms with Crippen molar-refractivity contribution in [2.75, 3.05) is 52.9 Å². The van der Waals surface area contributed by atoms with Crippen LogP contribution in [0.1, 0.15) is 0 Å². The average molecular weight is 378 g/mol. The first kappa shape index (κ1) is 20.8. The van der Waals surface area contributed by atoms with Crippen molar-refractivity contribution in [3.8, 4) is 23.0 Å². The highest BCUT2D eigenvalue weighted by Gasteiger charge is 2.05. The van der Waals surface area contributed by atoms with Gasteiger partial charge in [-0.1, -0.05) is 24.3 Å². The van der Waals surface area contributed by atoms with Crippen LogP contribution in [0.25, 0.3) is 0 Å². The van der Waals surface area contributed by atoms with Gasteiger partial charge in [-0.3, -0.25) is 0 Å². The largest absolute Gasteiger partial charge is 0.487 e. The summed E-state index contributed by atoms with van der Waals surface area (Å²) in [4.78, 5) is 0. The lowest BCUT2D eigenvalue weighted by Crippen LogP contribution is -2.13. The van der Waals surface area contributed by atoms with Crippen molar-refractivity contribution in [3.63, 3.8) is 0 Å². The molecule has 2 aromatic rings. The molecular formula is C20H26O7. The van der Waals surface area contributed by atoms with Crippen LogP contribution >= 0.6 is 0 Å². The Kier molecular flexibility index (Phi) is 9.88. The molecule has 0 aliphatic carbocycles. The van der Waals surface area contributed by atoms with Gasteiger partial charge in [0.15, 0.2) is 23.0 Å². The standard InChI is InChI=1S/C20H26O7/c21-9-11-24-17-5-1-3-7-19(17)26-15-13-23-14-16-27-20-8-4-2-6-18(20)25-12-10-22/h1-8,21-22H,9-16H2. The molecule has 0 bridgehead atoms. The SMILES string of the molecule is OCCOc1ccccc1OCCOCCOc1ccccc1OCCO. The number of benzene rings is 2. The number of hydrogen-bond acceptors (Lipinski definition) is 7. The van der Waals surface area contributed by atoms with Crippen molar-refractivity contribution in [1.82, 2.24) is 0 Å². The van der Waals surface area contributed by atoms with Crippen LogP contribution in [0.5, 0.6) is 23.0 Å².